The van der Waals surface area contributed by atoms with E-state index < -0.39 is 11.5 Å². The molecule has 1 aliphatic carbocycles. The molecule has 0 radical (unpaired) electrons. The minimum atomic E-state index is -0.463. The molecule has 1 aliphatic rings. The summed E-state index contributed by atoms with van der Waals surface area (Å²) in [5.74, 6) is 0.691. The average Bonchev–Trinajstić information content (AvgIpc) is 2.38. The quantitative estimate of drug-likeness (QED) is 0.734. The maximum atomic E-state index is 10.4. The second-order valence-electron chi connectivity index (χ2n) is 7.42. The minimum absolute atomic E-state index is 0.328. The number of nitrogens with zero attached hydrogens (tertiary/aromatic N) is 1. The Balaban J connectivity index is 2.58. The molecule has 1 rings (SSSR count). The zero-order valence-electron chi connectivity index (χ0n) is 13.2. The fourth-order valence-corrected chi connectivity index (χ4v) is 3.38. The number of nitriles is 1. The minimum Gasteiger partial charge on any atom is -0.391 e. The van der Waals surface area contributed by atoms with Crippen molar-refractivity contribution in [3.8, 4) is 6.07 Å². The SMILES string of the molecule is CCCCCC(O)C1(C#N)CCC(C(C)(C)C)CC1. The van der Waals surface area contributed by atoms with Gasteiger partial charge in [-0.15, -0.1) is 0 Å². The van der Waals surface area contributed by atoms with Crippen LogP contribution >= 0.6 is 0 Å². The summed E-state index contributed by atoms with van der Waals surface area (Å²) < 4.78 is 0. The molecule has 2 nitrogen and oxygen atoms in total. The summed E-state index contributed by atoms with van der Waals surface area (Å²) in [6.07, 6.45) is 7.65. The van der Waals surface area contributed by atoms with E-state index in [2.05, 4.69) is 33.8 Å². The molecule has 0 aliphatic heterocycles. The van der Waals surface area contributed by atoms with Gasteiger partial charge in [-0.25, -0.2) is 0 Å². The summed E-state index contributed by atoms with van der Waals surface area (Å²) in [6, 6.07) is 2.47. The van der Waals surface area contributed by atoms with Crippen LogP contribution in [0.3, 0.4) is 0 Å². The molecule has 19 heavy (non-hydrogen) atoms. The van der Waals surface area contributed by atoms with Gasteiger partial charge in [0.2, 0.25) is 0 Å². The zero-order valence-corrected chi connectivity index (χ0v) is 13.2. The van der Waals surface area contributed by atoms with Crippen molar-refractivity contribution in [1.82, 2.24) is 0 Å². The third kappa shape index (κ3) is 4.21. The largest absolute Gasteiger partial charge is 0.391 e. The van der Waals surface area contributed by atoms with Gasteiger partial charge in [0.1, 0.15) is 0 Å². The summed E-state index contributed by atoms with van der Waals surface area (Å²) in [7, 11) is 0. The first-order chi connectivity index (χ1) is 8.85. The van der Waals surface area contributed by atoms with Crippen LogP contribution in [0.5, 0.6) is 0 Å². The Morgan fingerprint density at radius 3 is 2.26 bits per heavy atom. The molecule has 1 unspecified atom stereocenters. The highest BCUT2D eigenvalue weighted by molar-refractivity contribution is 5.06. The van der Waals surface area contributed by atoms with Crippen LogP contribution in [0.25, 0.3) is 0 Å². The lowest BCUT2D eigenvalue weighted by Gasteiger charge is -2.42. The van der Waals surface area contributed by atoms with Crippen LogP contribution in [0, 0.1) is 28.1 Å². The lowest BCUT2D eigenvalue weighted by atomic mass is 9.62. The van der Waals surface area contributed by atoms with Crippen LogP contribution < -0.4 is 0 Å². The number of unbranched alkanes of at least 4 members (excludes halogenated alkanes) is 2. The van der Waals surface area contributed by atoms with E-state index in [0.717, 1.165) is 44.9 Å². The summed E-state index contributed by atoms with van der Waals surface area (Å²) in [4.78, 5) is 0. The van der Waals surface area contributed by atoms with Gasteiger partial charge < -0.3 is 5.11 Å². The molecule has 0 aromatic carbocycles. The van der Waals surface area contributed by atoms with Crippen molar-refractivity contribution in [1.29, 1.82) is 5.26 Å². The second-order valence-corrected chi connectivity index (χ2v) is 7.42. The van der Waals surface area contributed by atoms with Crippen molar-refractivity contribution in [2.45, 2.75) is 85.2 Å². The van der Waals surface area contributed by atoms with Gasteiger partial charge in [-0.1, -0.05) is 47.0 Å². The molecule has 0 bridgehead atoms. The van der Waals surface area contributed by atoms with E-state index in [1.54, 1.807) is 0 Å². The highest BCUT2D eigenvalue weighted by Crippen LogP contribution is 2.47. The third-order valence-corrected chi connectivity index (χ3v) is 5.04. The van der Waals surface area contributed by atoms with E-state index in [1.165, 1.54) is 6.42 Å². The van der Waals surface area contributed by atoms with Gasteiger partial charge in [-0.05, 0) is 43.4 Å². The van der Waals surface area contributed by atoms with Crippen molar-refractivity contribution in [3.05, 3.63) is 0 Å². The van der Waals surface area contributed by atoms with Gasteiger partial charge in [0, 0.05) is 0 Å². The maximum Gasteiger partial charge on any atom is 0.0832 e. The van der Waals surface area contributed by atoms with Crippen LogP contribution in [0.15, 0.2) is 0 Å². The van der Waals surface area contributed by atoms with Crippen LogP contribution in [0.2, 0.25) is 0 Å². The molecule has 1 N–H and O–H groups in total. The monoisotopic (exact) mass is 265 g/mol. The third-order valence-electron chi connectivity index (χ3n) is 5.04. The predicted octanol–water partition coefficient (Wildman–Crippen LogP) is 4.67. The Morgan fingerprint density at radius 2 is 1.84 bits per heavy atom. The zero-order chi connectivity index (χ0) is 14.5. The Hall–Kier alpha value is -0.550. The van der Waals surface area contributed by atoms with Gasteiger partial charge in [-0.2, -0.15) is 5.26 Å². The molecule has 0 aromatic heterocycles. The van der Waals surface area contributed by atoms with E-state index in [9.17, 15) is 10.4 Å². The molecule has 110 valence electrons. The highest BCUT2D eigenvalue weighted by Gasteiger charge is 2.43. The molecule has 1 fully saturated rings. The fraction of sp³-hybridized carbons (Fsp3) is 0.941. The van der Waals surface area contributed by atoms with Crippen LogP contribution in [0.4, 0.5) is 0 Å². The van der Waals surface area contributed by atoms with Gasteiger partial charge in [0.05, 0.1) is 17.6 Å². The first-order valence-electron chi connectivity index (χ1n) is 7.95. The van der Waals surface area contributed by atoms with E-state index in [1.807, 2.05) is 0 Å². The number of hydrogen-bond acceptors (Lipinski definition) is 2. The molecule has 1 atom stereocenters. The Labute approximate surface area is 119 Å². The first-order valence-corrected chi connectivity index (χ1v) is 7.95. The van der Waals surface area contributed by atoms with E-state index in [-0.39, 0.29) is 0 Å². The molecular weight excluding hydrogens is 234 g/mol. The summed E-state index contributed by atoms with van der Waals surface area (Å²) in [5, 5.41) is 20.0. The molecule has 0 amide bonds. The first kappa shape index (κ1) is 16.5. The van der Waals surface area contributed by atoms with Crippen molar-refractivity contribution in [2.24, 2.45) is 16.7 Å². The van der Waals surface area contributed by atoms with E-state index in [4.69, 9.17) is 0 Å². The second kappa shape index (κ2) is 6.75. The van der Waals surface area contributed by atoms with E-state index in [0.29, 0.717) is 11.3 Å². The highest BCUT2D eigenvalue weighted by atomic mass is 16.3. The molecule has 0 heterocycles. The standard InChI is InChI=1S/C17H31NO/c1-5-6-7-8-15(19)17(13-18)11-9-14(10-12-17)16(2,3)4/h14-15,19H,5-12H2,1-4H3. The Bertz CT molecular complexity index is 302. The molecule has 0 aromatic rings. The topological polar surface area (TPSA) is 44.0 Å². The van der Waals surface area contributed by atoms with E-state index >= 15 is 0 Å². The van der Waals surface area contributed by atoms with Crippen LogP contribution in [-0.4, -0.2) is 11.2 Å². The van der Waals surface area contributed by atoms with Gasteiger partial charge >= 0.3 is 0 Å². The summed E-state index contributed by atoms with van der Waals surface area (Å²) >= 11 is 0. The lowest BCUT2D eigenvalue weighted by molar-refractivity contribution is 0.00384. The van der Waals surface area contributed by atoms with Crippen LogP contribution in [-0.2, 0) is 0 Å². The normalized spacial score (nSPS) is 29.8. The smallest absolute Gasteiger partial charge is 0.0832 e. The molecular formula is C17H31NO. The van der Waals surface area contributed by atoms with Crippen molar-refractivity contribution >= 4 is 0 Å². The van der Waals surface area contributed by atoms with Crippen molar-refractivity contribution in [3.63, 3.8) is 0 Å². The fourth-order valence-electron chi connectivity index (χ4n) is 3.38. The molecule has 0 spiro atoms. The number of rotatable bonds is 5. The Kier molecular flexibility index (Phi) is 5.86. The van der Waals surface area contributed by atoms with Gasteiger partial charge in [0.15, 0.2) is 0 Å². The Morgan fingerprint density at radius 1 is 1.26 bits per heavy atom. The van der Waals surface area contributed by atoms with Gasteiger partial charge in [0.25, 0.3) is 0 Å². The number of hydrogen-bond donors (Lipinski definition) is 1. The molecule has 2 heteroatoms. The number of aliphatic hydroxyl groups is 1. The van der Waals surface area contributed by atoms with Crippen molar-refractivity contribution in [2.75, 3.05) is 0 Å². The van der Waals surface area contributed by atoms with Crippen LogP contribution in [0.1, 0.15) is 79.1 Å². The summed E-state index contributed by atoms with van der Waals surface area (Å²) in [6.45, 7) is 9.03. The molecule has 0 saturated heterocycles. The maximum absolute atomic E-state index is 10.4. The predicted molar refractivity (Wildman–Crippen MR) is 79.6 cm³/mol. The lowest BCUT2D eigenvalue weighted by Crippen LogP contribution is -2.39. The molecule has 1 saturated carbocycles. The average molecular weight is 265 g/mol. The summed E-state index contributed by atoms with van der Waals surface area (Å²) in [5.41, 5.74) is -0.135. The van der Waals surface area contributed by atoms with Crippen molar-refractivity contribution < 1.29 is 5.11 Å². The van der Waals surface area contributed by atoms with Gasteiger partial charge in [-0.3, -0.25) is 0 Å². The number of aliphatic hydroxyl groups excluding tert-OH is 1.